The quantitative estimate of drug-likeness (QED) is 0.684. The number of hydrogen-bond acceptors (Lipinski definition) is 2. The van der Waals surface area contributed by atoms with Crippen LogP contribution >= 0.6 is 28.1 Å². The number of hydrogen-bond donors (Lipinski definition) is 3. The predicted octanol–water partition coefficient (Wildman–Crippen LogP) is 3.36. The topological polar surface area (TPSA) is 53.2 Å². The minimum atomic E-state index is -0.140. The van der Waals surface area contributed by atoms with Gasteiger partial charge in [0.15, 0.2) is 5.11 Å². The van der Waals surface area contributed by atoms with Crippen molar-refractivity contribution in [2.75, 3.05) is 11.9 Å². The van der Waals surface area contributed by atoms with Gasteiger partial charge < -0.3 is 16.0 Å². The summed E-state index contributed by atoms with van der Waals surface area (Å²) in [5.74, 6) is -0.140. The zero-order valence-electron chi connectivity index (χ0n) is 12.7. The number of anilines is 1. The van der Waals surface area contributed by atoms with E-state index in [0.717, 1.165) is 21.3 Å². The SMILES string of the molecule is Cc1cc(Br)ccc1NC(=O)CNC(=S)NCc1ccccc1. The van der Waals surface area contributed by atoms with Crippen LogP contribution in [-0.4, -0.2) is 17.6 Å². The summed E-state index contributed by atoms with van der Waals surface area (Å²) < 4.78 is 0.984. The highest BCUT2D eigenvalue weighted by Crippen LogP contribution is 2.19. The van der Waals surface area contributed by atoms with Gasteiger partial charge in [0.25, 0.3) is 0 Å². The minimum Gasteiger partial charge on any atom is -0.359 e. The van der Waals surface area contributed by atoms with Crippen molar-refractivity contribution in [3.05, 3.63) is 64.1 Å². The Balaban J connectivity index is 1.74. The maximum Gasteiger partial charge on any atom is 0.243 e. The Morgan fingerprint density at radius 2 is 1.87 bits per heavy atom. The van der Waals surface area contributed by atoms with Gasteiger partial charge in [-0.3, -0.25) is 4.79 Å². The van der Waals surface area contributed by atoms with Gasteiger partial charge in [0.2, 0.25) is 5.91 Å². The van der Waals surface area contributed by atoms with Crippen LogP contribution in [0.2, 0.25) is 0 Å². The number of thiocarbonyl (C=S) groups is 1. The molecular weight excluding hydrogens is 374 g/mol. The first-order valence-electron chi connectivity index (χ1n) is 7.16. The molecule has 4 nitrogen and oxygen atoms in total. The van der Waals surface area contributed by atoms with Crippen LogP contribution in [0.5, 0.6) is 0 Å². The molecule has 1 amide bonds. The first-order chi connectivity index (χ1) is 11.0. The van der Waals surface area contributed by atoms with Gasteiger partial charge in [0.05, 0.1) is 6.54 Å². The molecule has 3 N–H and O–H groups in total. The number of rotatable bonds is 5. The lowest BCUT2D eigenvalue weighted by molar-refractivity contribution is -0.115. The lowest BCUT2D eigenvalue weighted by atomic mass is 10.2. The van der Waals surface area contributed by atoms with Crippen LogP contribution in [0.25, 0.3) is 0 Å². The van der Waals surface area contributed by atoms with Crippen molar-refractivity contribution >= 4 is 44.9 Å². The van der Waals surface area contributed by atoms with Gasteiger partial charge >= 0.3 is 0 Å². The molecule has 0 unspecified atom stereocenters. The minimum absolute atomic E-state index is 0.121. The Morgan fingerprint density at radius 1 is 1.13 bits per heavy atom. The summed E-state index contributed by atoms with van der Waals surface area (Å²) in [6, 6.07) is 15.6. The highest BCUT2D eigenvalue weighted by atomic mass is 79.9. The third-order valence-corrected chi connectivity index (χ3v) is 3.95. The van der Waals surface area contributed by atoms with E-state index >= 15 is 0 Å². The molecule has 0 aliphatic carbocycles. The maximum absolute atomic E-state index is 12.0. The van der Waals surface area contributed by atoms with E-state index < -0.39 is 0 Å². The molecule has 0 aliphatic rings. The molecule has 6 heteroatoms. The van der Waals surface area contributed by atoms with E-state index in [2.05, 4.69) is 31.9 Å². The standard InChI is InChI=1S/C17H18BrN3OS/c1-12-9-14(18)7-8-15(12)21-16(22)11-20-17(23)19-10-13-5-3-2-4-6-13/h2-9H,10-11H2,1H3,(H,21,22)(H2,19,20,23). The van der Waals surface area contributed by atoms with Crippen LogP contribution in [0.4, 0.5) is 5.69 Å². The van der Waals surface area contributed by atoms with Crippen molar-refractivity contribution < 1.29 is 4.79 Å². The molecule has 0 radical (unpaired) electrons. The smallest absolute Gasteiger partial charge is 0.243 e. The summed E-state index contributed by atoms with van der Waals surface area (Å²) in [5.41, 5.74) is 2.92. The van der Waals surface area contributed by atoms with Crippen LogP contribution in [0.1, 0.15) is 11.1 Å². The van der Waals surface area contributed by atoms with Gasteiger partial charge in [-0.2, -0.15) is 0 Å². The lowest BCUT2D eigenvalue weighted by Crippen LogP contribution is -2.39. The Hall–Kier alpha value is -1.92. The third-order valence-electron chi connectivity index (χ3n) is 3.17. The first kappa shape index (κ1) is 17.4. The second kappa shape index (κ2) is 8.64. The van der Waals surface area contributed by atoms with Gasteiger partial charge in [0, 0.05) is 16.7 Å². The predicted molar refractivity (Wildman–Crippen MR) is 101 cm³/mol. The number of carbonyl (C=O) groups is 1. The number of amides is 1. The molecule has 0 saturated heterocycles. The summed E-state index contributed by atoms with van der Waals surface area (Å²) in [4.78, 5) is 12.0. The molecule has 0 heterocycles. The Morgan fingerprint density at radius 3 is 2.57 bits per heavy atom. The van der Waals surface area contributed by atoms with Gasteiger partial charge in [-0.15, -0.1) is 0 Å². The molecule has 0 aliphatic heterocycles. The van der Waals surface area contributed by atoms with E-state index in [0.29, 0.717) is 11.7 Å². The molecule has 2 aromatic carbocycles. The summed E-state index contributed by atoms with van der Waals surface area (Å²) in [6.45, 7) is 2.69. The monoisotopic (exact) mass is 391 g/mol. The fourth-order valence-corrected chi connectivity index (χ4v) is 2.58. The molecule has 0 aromatic heterocycles. The lowest BCUT2D eigenvalue weighted by Gasteiger charge is -2.12. The number of benzene rings is 2. The fraction of sp³-hybridized carbons (Fsp3) is 0.176. The Labute approximate surface area is 149 Å². The number of aryl methyl sites for hydroxylation is 1. The van der Waals surface area contributed by atoms with Crippen molar-refractivity contribution in [2.24, 2.45) is 0 Å². The Kier molecular flexibility index (Phi) is 6.55. The van der Waals surface area contributed by atoms with Crippen molar-refractivity contribution in [1.29, 1.82) is 0 Å². The molecule has 0 saturated carbocycles. The number of halogens is 1. The molecule has 0 fully saturated rings. The fourth-order valence-electron chi connectivity index (χ4n) is 1.96. The van der Waals surface area contributed by atoms with Crippen LogP contribution < -0.4 is 16.0 Å². The molecule has 0 spiro atoms. The average molecular weight is 392 g/mol. The molecule has 23 heavy (non-hydrogen) atoms. The van der Waals surface area contributed by atoms with Crippen molar-refractivity contribution in [3.63, 3.8) is 0 Å². The van der Waals surface area contributed by atoms with E-state index in [4.69, 9.17) is 12.2 Å². The van der Waals surface area contributed by atoms with Gasteiger partial charge in [-0.05, 0) is 48.5 Å². The molecule has 2 aromatic rings. The van der Waals surface area contributed by atoms with Gasteiger partial charge in [0.1, 0.15) is 0 Å². The van der Waals surface area contributed by atoms with E-state index in [9.17, 15) is 4.79 Å². The third kappa shape index (κ3) is 6.00. The van der Waals surface area contributed by atoms with E-state index in [-0.39, 0.29) is 12.5 Å². The van der Waals surface area contributed by atoms with Crippen LogP contribution in [0.3, 0.4) is 0 Å². The highest BCUT2D eigenvalue weighted by Gasteiger charge is 2.06. The van der Waals surface area contributed by atoms with Gasteiger partial charge in [-0.1, -0.05) is 46.3 Å². The summed E-state index contributed by atoms with van der Waals surface area (Å²) in [6.07, 6.45) is 0. The highest BCUT2D eigenvalue weighted by molar-refractivity contribution is 9.10. The number of nitrogens with one attached hydrogen (secondary N) is 3. The molecule has 0 atom stereocenters. The van der Waals surface area contributed by atoms with Crippen LogP contribution in [-0.2, 0) is 11.3 Å². The second-order valence-corrected chi connectivity index (χ2v) is 6.35. The maximum atomic E-state index is 12.0. The summed E-state index contributed by atoms with van der Waals surface area (Å²) >= 11 is 8.57. The summed E-state index contributed by atoms with van der Waals surface area (Å²) in [7, 11) is 0. The molecule has 120 valence electrons. The molecular formula is C17H18BrN3OS. The molecule has 0 bridgehead atoms. The van der Waals surface area contributed by atoms with Crippen LogP contribution in [0, 0.1) is 6.92 Å². The number of carbonyl (C=O) groups excluding carboxylic acids is 1. The molecule has 2 rings (SSSR count). The van der Waals surface area contributed by atoms with Crippen molar-refractivity contribution in [3.8, 4) is 0 Å². The average Bonchev–Trinajstić information content (AvgIpc) is 2.54. The van der Waals surface area contributed by atoms with Crippen molar-refractivity contribution in [1.82, 2.24) is 10.6 Å². The summed E-state index contributed by atoms with van der Waals surface area (Å²) in [5, 5.41) is 9.29. The van der Waals surface area contributed by atoms with E-state index in [1.54, 1.807) is 0 Å². The first-order valence-corrected chi connectivity index (χ1v) is 8.36. The van der Waals surface area contributed by atoms with Crippen molar-refractivity contribution in [2.45, 2.75) is 13.5 Å². The van der Waals surface area contributed by atoms with Gasteiger partial charge in [-0.25, -0.2) is 0 Å². The van der Waals surface area contributed by atoms with Crippen LogP contribution in [0.15, 0.2) is 53.0 Å². The zero-order valence-corrected chi connectivity index (χ0v) is 15.1. The second-order valence-electron chi connectivity index (χ2n) is 5.03. The Bertz CT molecular complexity index is 691. The largest absolute Gasteiger partial charge is 0.359 e. The van der Waals surface area contributed by atoms with E-state index in [1.807, 2.05) is 55.5 Å². The zero-order chi connectivity index (χ0) is 16.7. The normalized spacial score (nSPS) is 10.0. The van der Waals surface area contributed by atoms with E-state index in [1.165, 1.54) is 0 Å².